The van der Waals surface area contributed by atoms with Crippen LogP contribution in [-0.4, -0.2) is 91.9 Å². The molecule has 1 aliphatic heterocycles. The van der Waals surface area contributed by atoms with Gasteiger partial charge in [0.05, 0.1) is 12.1 Å². The number of nitrogens with one attached hydrogen (secondary N) is 2. The molecule has 0 bridgehead atoms. The molecule has 0 radical (unpaired) electrons. The van der Waals surface area contributed by atoms with Crippen LogP contribution in [0.4, 0.5) is 0 Å². The summed E-state index contributed by atoms with van der Waals surface area (Å²) in [4.78, 5) is 35.9. The highest BCUT2D eigenvalue weighted by Gasteiger charge is 2.41. The van der Waals surface area contributed by atoms with E-state index >= 15 is 0 Å². The largest absolute Gasteiger partial charge is 0.392 e. The fourth-order valence-electron chi connectivity index (χ4n) is 6.59. The molecule has 1 aliphatic carbocycles. The lowest BCUT2D eigenvalue weighted by atomic mass is 9.91. The molecular weight excluding hydrogens is 582 g/mol. The first kappa shape index (κ1) is 33.7. The highest BCUT2D eigenvalue weighted by atomic mass is 16.3. The number of carbonyl (C=O) groups is 2. The zero-order chi connectivity index (χ0) is 32.8. The maximum Gasteiger partial charge on any atom is 0.239 e. The zero-order valence-electron chi connectivity index (χ0n) is 26.9. The first-order valence-corrected chi connectivity index (χ1v) is 16.1. The lowest BCUT2D eigenvalue weighted by molar-refractivity contribution is -0.132. The highest BCUT2D eigenvalue weighted by molar-refractivity contribution is 5.83. The average Bonchev–Trinajstić information content (AvgIpc) is 3.26. The molecular formula is C36H47N5O5. The molecule has 2 amide bonds. The Kier molecular flexibility index (Phi) is 10.9. The van der Waals surface area contributed by atoms with E-state index in [2.05, 4.69) is 20.5 Å². The van der Waals surface area contributed by atoms with Crippen LogP contribution in [0.25, 0.3) is 0 Å². The van der Waals surface area contributed by atoms with E-state index in [1.807, 2.05) is 80.4 Å². The van der Waals surface area contributed by atoms with Crippen molar-refractivity contribution in [1.82, 2.24) is 25.4 Å². The molecule has 2 heterocycles. The molecule has 0 saturated carbocycles. The number of aliphatic hydroxyl groups is 3. The van der Waals surface area contributed by atoms with Crippen molar-refractivity contribution in [3.63, 3.8) is 0 Å². The van der Waals surface area contributed by atoms with Crippen LogP contribution in [0.2, 0.25) is 0 Å². The summed E-state index contributed by atoms with van der Waals surface area (Å²) in [5.74, 6) is -1.01. The van der Waals surface area contributed by atoms with Gasteiger partial charge in [-0.15, -0.1) is 0 Å². The molecule has 2 aromatic carbocycles. The first-order valence-electron chi connectivity index (χ1n) is 16.1. The summed E-state index contributed by atoms with van der Waals surface area (Å²) in [5, 5.41) is 39.0. The summed E-state index contributed by atoms with van der Waals surface area (Å²) < 4.78 is 0. The Bertz CT molecular complexity index is 1450. The molecule has 6 atom stereocenters. The van der Waals surface area contributed by atoms with Crippen molar-refractivity contribution in [2.45, 2.75) is 76.1 Å². The van der Waals surface area contributed by atoms with Gasteiger partial charge in [0, 0.05) is 56.6 Å². The van der Waals surface area contributed by atoms with E-state index in [1.165, 1.54) is 0 Å². The molecule has 0 unspecified atom stereocenters. The summed E-state index contributed by atoms with van der Waals surface area (Å²) in [7, 11) is 0. The van der Waals surface area contributed by atoms with E-state index in [1.54, 1.807) is 24.4 Å². The van der Waals surface area contributed by atoms with Gasteiger partial charge in [0.1, 0.15) is 18.2 Å². The molecule has 5 rings (SSSR count). The van der Waals surface area contributed by atoms with Gasteiger partial charge in [0.2, 0.25) is 11.8 Å². The number of nitrogens with zero attached hydrogens (tertiary/aromatic N) is 3. The van der Waals surface area contributed by atoms with Crippen LogP contribution in [0, 0.1) is 5.92 Å². The van der Waals surface area contributed by atoms with Gasteiger partial charge in [-0.2, -0.15) is 0 Å². The number of aromatic nitrogens is 1. The van der Waals surface area contributed by atoms with E-state index < -0.39 is 41.9 Å². The minimum Gasteiger partial charge on any atom is -0.392 e. The molecule has 46 heavy (non-hydrogen) atoms. The second-order valence-electron chi connectivity index (χ2n) is 13.7. The van der Waals surface area contributed by atoms with Crippen molar-refractivity contribution < 1.29 is 24.9 Å². The van der Waals surface area contributed by atoms with Crippen LogP contribution in [-0.2, 0) is 22.6 Å². The fraction of sp³-hybridized carbons (Fsp3) is 0.472. The van der Waals surface area contributed by atoms with Crippen molar-refractivity contribution in [1.29, 1.82) is 0 Å². The number of piperazine rings is 1. The third kappa shape index (κ3) is 8.57. The zero-order valence-corrected chi connectivity index (χ0v) is 26.9. The van der Waals surface area contributed by atoms with Crippen molar-refractivity contribution in [3.8, 4) is 0 Å². The Hall–Kier alpha value is -3.67. The Morgan fingerprint density at radius 3 is 2.35 bits per heavy atom. The molecule has 10 nitrogen and oxygen atoms in total. The standard InChI is InChI=1S/C36H47N5O5/c1-36(2,3)39-35(46)30-23-40(21-25-12-9-15-37-20-25)16-17-41(30)22-27(42)19-26(18-24-10-5-4-6-11-24)34(45)38-31-28-13-7-8-14-29(28)32(43)33(31)44/h4-15,20,26-27,30-33,42-44H,16-19,21-23H2,1-3H3,(H,38,45)(H,39,46)/t26-,27-,30-,31+,32-,33+/m0/s1. The van der Waals surface area contributed by atoms with Crippen molar-refractivity contribution in [3.05, 3.63) is 101 Å². The van der Waals surface area contributed by atoms with Crippen LogP contribution in [0.1, 0.15) is 61.6 Å². The maximum absolute atomic E-state index is 13.8. The summed E-state index contributed by atoms with van der Waals surface area (Å²) in [5.41, 5.74) is 2.90. The van der Waals surface area contributed by atoms with Gasteiger partial charge >= 0.3 is 0 Å². The SMILES string of the molecule is CC(C)(C)NC(=O)[C@@H]1CN(Cc2cccnc2)CCN1C[C@@H](O)C[C@H](Cc1ccccc1)C(=O)N[C@@H]1c2ccccc2[C@H](O)[C@@H]1O. The minimum atomic E-state index is -1.17. The Morgan fingerprint density at radius 2 is 1.65 bits per heavy atom. The average molecular weight is 630 g/mol. The molecule has 1 aromatic heterocycles. The van der Waals surface area contributed by atoms with Crippen LogP contribution in [0.15, 0.2) is 79.1 Å². The minimum absolute atomic E-state index is 0.0957. The van der Waals surface area contributed by atoms with E-state index in [0.717, 1.165) is 17.7 Å². The summed E-state index contributed by atoms with van der Waals surface area (Å²) in [6, 6.07) is 19.5. The molecule has 0 spiro atoms. The first-order chi connectivity index (χ1) is 22.0. The van der Waals surface area contributed by atoms with Gasteiger partial charge in [0.25, 0.3) is 0 Å². The molecule has 3 aromatic rings. The normalized spacial score (nSPS) is 23.3. The van der Waals surface area contributed by atoms with Gasteiger partial charge in [0.15, 0.2) is 0 Å². The summed E-state index contributed by atoms with van der Waals surface area (Å²) in [6.45, 7) is 8.55. The van der Waals surface area contributed by atoms with Crippen molar-refractivity contribution in [2.75, 3.05) is 26.2 Å². The third-order valence-electron chi connectivity index (χ3n) is 8.82. The van der Waals surface area contributed by atoms with E-state index in [9.17, 15) is 24.9 Å². The van der Waals surface area contributed by atoms with E-state index in [4.69, 9.17) is 0 Å². The number of amides is 2. The van der Waals surface area contributed by atoms with E-state index in [-0.39, 0.29) is 24.8 Å². The Balaban J connectivity index is 1.30. The number of pyridine rings is 1. The molecule has 10 heteroatoms. The van der Waals surface area contributed by atoms with Gasteiger partial charge in [-0.1, -0.05) is 60.7 Å². The van der Waals surface area contributed by atoms with Crippen LogP contribution in [0.5, 0.6) is 0 Å². The van der Waals surface area contributed by atoms with Crippen LogP contribution in [0.3, 0.4) is 0 Å². The Labute approximate surface area is 271 Å². The van der Waals surface area contributed by atoms with Crippen molar-refractivity contribution >= 4 is 11.8 Å². The quantitative estimate of drug-likeness (QED) is 0.218. The number of aliphatic hydroxyl groups excluding tert-OH is 3. The molecule has 2 aliphatic rings. The smallest absolute Gasteiger partial charge is 0.239 e. The molecule has 246 valence electrons. The molecule has 5 N–H and O–H groups in total. The predicted octanol–water partition coefficient (Wildman–Crippen LogP) is 2.36. The monoisotopic (exact) mass is 629 g/mol. The lowest BCUT2D eigenvalue weighted by Crippen LogP contribution is -2.61. The number of hydrogen-bond acceptors (Lipinski definition) is 8. The van der Waals surface area contributed by atoms with Gasteiger partial charge in [-0.25, -0.2) is 0 Å². The van der Waals surface area contributed by atoms with Crippen LogP contribution < -0.4 is 10.6 Å². The fourth-order valence-corrected chi connectivity index (χ4v) is 6.59. The van der Waals surface area contributed by atoms with E-state index in [0.29, 0.717) is 37.2 Å². The summed E-state index contributed by atoms with van der Waals surface area (Å²) >= 11 is 0. The topological polar surface area (TPSA) is 138 Å². The molecule has 1 fully saturated rings. The summed E-state index contributed by atoms with van der Waals surface area (Å²) in [6.07, 6.45) is 0.983. The maximum atomic E-state index is 13.8. The lowest BCUT2D eigenvalue weighted by Gasteiger charge is -2.42. The molecule has 1 saturated heterocycles. The number of β-amino-alcohol motifs (C(OH)–C–C–N with tert-alkyl or cyclic N) is 1. The predicted molar refractivity (Wildman–Crippen MR) is 175 cm³/mol. The van der Waals surface area contributed by atoms with Gasteiger partial charge in [-0.3, -0.25) is 24.4 Å². The third-order valence-corrected chi connectivity index (χ3v) is 8.82. The highest BCUT2D eigenvalue weighted by Crippen LogP contribution is 2.39. The van der Waals surface area contributed by atoms with Gasteiger partial charge in [-0.05, 0) is 61.9 Å². The number of fused-ring (bicyclic) bond motifs is 1. The number of hydrogen-bond donors (Lipinski definition) is 5. The van der Waals surface area contributed by atoms with Crippen LogP contribution >= 0.6 is 0 Å². The Morgan fingerprint density at radius 1 is 0.957 bits per heavy atom. The number of rotatable bonds is 11. The van der Waals surface area contributed by atoms with Gasteiger partial charge < -0.3 is 26.0 Å². The second kappa shape index (κ2) is 14.8. The number of benzene rings is 2. The number of carbonyl (C=O) groups excluding carboxylic acids is 2. The second-order valence-corrected chi connectivity index (χ2v) is 13.7. The van der Waals surface area contributed by atoms with Crippen molar-refractivity contribution in [2.24, 2.45) is 5.92 Å².